The van der Waals surface area contributed by atoms with Crippen molar-refractivity contribution < 1.29 is 9.13 Å². The predicted molar refractivity (Wildman–Crippen MR) is 74.3 cm³/mol. The fourth-order valence-corrected chi connectivity index (χ4v) is 3.05. The average Bonchev–Trinajstić information content (AvgIpc) is 2.86. The summed E-state index contributed by atoms with van der Waals surface area (Å²) in [5.41, 5.74) is 0.488. The summed E-state index contributed by atoms with van der Waals surface area (Å²) < 4.78 is 18.9. The lowest BCUT2D eigenvalue weighted by atomic mass is 10.1. The van der Waals surface area contributed by atoms with E-state index in [2.05, 4.69) is 6.92 Å². The topological polar surface area (TPSA) is 9.23 Å². The summed E-state index contributed by atoms with van der Waals surface area (Å²) >= 11 is 7.96. The zero-order valence-electron chi connectivity index (χ0n) is 10.2. The van der Waals surface area contributed by atoms with Gasteiger partial charge in [-0.05, 0) is 24.6 Å². The normalized spacial score (nSPS) is 12.4. The molecule has 0 spiro atoms. The number of hydrogen-bond donors (Lipinski definition) is 0. The zero-order chi connectivity index (χ0) is 13.1. The molecule has 0 saturated heterocycles. The molecule has 0 radical (unpaired) electrons. The monoisotopic (exact) mass is 284 g/mol. The molecule has 0 N–H and O–H groups in total. The summed E-state index contributed by atoms with van der Waals surface area (Å²) in [7, 11) is 1.51. The molecule has 0 fully saturated rings. The van der Waals surface area contributed by atoms with Gasteiger partial charge in [-0.3, -0.25) is 0 Å². The van der Waals surface area contributed by atoms with Crippen molar-refractivity contribution in [3.05, 3.63) is 51.5 Å². The molecule has 0 aliphatic carbocycles. The molecule has 96 valence electrons. The van der Waals surface area contributed by atoms with Crippen LogP contribution in [0.2, 0.25) is 0 Å². The van der Waals surface area contributed by atoms with E-state index in [-0.39, 0.29) is 5.82 Å². The highest BCUT2D eigenvalue weighted by atomic mass is 35.5. The van der Waals surface area contributed by atoms with Gasteiger partial charge in [0.05, 0.1) is 12.5 Å². The molecule has 2 aromatic rings. The predicted octanol–water partition coefficient (Wildman–Crippen LogP) is 4.79. The summed E-state index contributed by atoms with van der Waals surface area (Å²) in [4.78, 5) is 2.22. The molecule has 0 saturated carbocycles. The maximum atomic E-state index is 13.9. The van der Waals surface area contributed by atoms with Gasteiger partial charge in [-0.15, -0.1) is 22.9 Å². The number of aryl methyl sites for hydroxylation is 1. The Balaban J connectivity index is 2.30. The molecular weight excluding hydrogens is 271 g/mol. The van der Waals surface area contributed by atoms with Gasteiger partial charge in [-0.1, -0.05) is 13.0 Å². The number of methoxy groups -OCH3 is 1. The van der Waals surface area contributed by atoms with Crippen LogP contribution >= 0.6 is 22.9 Å². The van der Waals surface area contributed by atoms with Crippen molar-refractivity contribution in [1.29, 1.82) is 0 Å². The van der Waals surface area contributed by atoms with Crippen LogP contribution in [0, 0.1) is 5.82 Å². The molecule has 0 aliphatic heterocycles. The fraction of sp³-hybridized carbons (Fsp3) is 0.286. The second-order valence-electron chi connectivity index (χ2n) is 3.91. The fourth-order valence-electron chi connectivity index (χ4n) is 1.71. The van der Waals surface area contributed by atoms with E-state index in [9.17, 15) is 4.39 Å². The van der Waals surface area contributed by atoms with Crippen LogP contribution < -0.4 is 4.74 Å². The van der Waals surface area contributed by atoms with Gasteiger partial charge in [0.1, 0.15) is 11.6 Å². The third kappa shape index (κ3) is 2.68. The van der Waals surface area contributed by atoms with Crippen molar-refractivity contribution in [2.75, 3.05) is 7.11 Å². The van der Waals surface area contributed by atoms with E-state index >= 15 is 0 Å². The maximum absolute atomic E-state index is 13.9. The van der Waals surface area contributed by atoms with Crippen LogP contribution in [-0.4, -0.2) is 7.11 Å². The van der Waals surface area contributed by atoms with Crippen LogP contribution in [0.15, 0.2) is 30.3 Å². The van der Waals surface area contributed by atoms with Crippen LogP contribution in [0.1, 0.15) is 27.6 Å². The first-order valence-electron chi connectivity index (χ1n) is 5.71. The van der Waals surface area contributed by atoms with Crippen LogP contribution in [-0.2, 0) is 6.42 Å². The molecule has 1 aromatic carbocycles. The number of ether oxygens (including phenoxy) is 1. The minimum absolute atomic E-state index is 0.333. The quantitative estimate of drug-likeness (QED) is 0.734. The Morgan fingerprint density at radius 3 is 2.67 bits per heavy atom. The van der Waals surface area contributed by atoms with E-state index in [0.29, 0.717) is 11.3 Å². The van der Waals surface area contributed by atoms with Crippen molar-refractivity contribution in [2.24, 2.45) is 0 Å². The largest absolute Gasteiger partial charge is 0.497 e. The molecule has 1 nitrogen and oxygen atoms in total. The van der Waals surface area contributed by atoms with E-state index < -0.39 is 5.38 Å². The summed E-state index contributed by atoms with van der Waals surface area (Å²) in [5.74, 6) is 0.168. The Kier molecular flexibility index (Phi) is 4.25. The zero-order valence-corrected chi connectivity index (χ0v) is 11.8. The lowest BCUT2D eigenvalue weighted by Crippen LogP contribution is -1.95. The lowest BCUT2D eigenvalue weighted by molar-refractivity contribution is 0.411. The summed E-state index contributed by atoms with van der Waals surface area (Å²) in [5, 5.41) is -0.443. The minimum atomic E-state index is -0.443. The smallest absolute Gasteiger partial charge is 0.131 e. The Hall–Kier alpha value is -1.06. The van der Waals surface area contributed by atoms with E-state index in [0.717, 1.165) is 11.3 Å². The van der Waals surface area contributed by atoms with Crippen molar-refractivity contribution in [1.82, 2.24) is 0 Å². The van der Waals surface area contributed by atoms with Gasteiger partial charge in [0.15, 0.2) is 0 Å². The first-order chi connectivity index (χ1) is 8.65. The third-order valence-electron chi connectivity index (χ3n) is 2.76. The van der Waals surface area contributed by atoms with Gasteiger partial charge in [0.2, 0.25) is 0 Å². The van der Waals surface area contributed by atoms with Crippen molar-refractivity contribution in [3.63, 3.8) is 0 Å². The number of benzene rings is 1. The van der Waals surface area contributed by atoms with Gasteiger partial charge in [0.25, 0.3) is 0 Å². The Morgan fingerprint density at radius 2 is 2.11 bits per heavy atom. The highest BCUT2D eigenvalue weighted by Gasteiger charge is 2.17. The van der Waals surface area contributed by atoms with Crippen LogP contribution in [0.3, 0.4) is 0 Å². The SMILES string of the molecule is CCc1ccc(C(Cl)c2ccc(OC)cc2F)s1. The molecule has 0 aliphatic rings. The van der Waals surface area contributed by atoms with Gasteiger partial charge >= 0.3 is 0 Å². The second-order valence-corrected chi connectivity index (χ2v) is 5.54. The number of alkyl halides is 1. The van der Waals surface area contributed by atoms with E-state index in [1.54, 1.807) is 23.5 Å². The molecule has 2 rings (SSSR count). The number of rotatable bonds is 4. The Bertz CT molecular complexity index is 538. The number of hydrogen-bond acceptors (Lipinski definition) is 2. The molecule has 4 heteroatoms. The van der Waals surface area contributed by atoms with Crippen molar-refractivity contribution >= 4 is 22.9 Å². The van der Waals surface area contributed by atoms with Gasteiger partial charge < -0.3 is 4.74 Å². The average molecular weight is 285 g/mol. The molecular formula is C14H14ClFOS. The standard InChI is InChI=1S/C14H14ClFOS/c1-3-10-5-7-13(18-10)14(15)11-6-4-9(17-2)8-12(11)16/h4-8,14H,3H2,1-2H3. The van der Waals surface area contributed by atoms with Gasteiger partial charge in [-0.25, -0.2) is 4.39 Å². The van der Waals surface area contributed by atoms with Gasteiger partial charge in [0, 0.05) is 21.4 Å². The molecule has 0 amide bonds. The molecule has 1 heterocycles. The number of halogens is 2. The van der Waals surface area contributed by atoms with E-state index in [1.165, 1.54) is 18.1 Å². The van der Waals surface area contributed by atoms with Crippen molar-refractivity contribution in [2.45, 2.75) is 18.7 Å². The lowest BCUT2D eigenvalue weighted by Gasteiger charge is -2.10. The Morgan fingerprint density at radius 1 is 1.33 bits per heavy atom. The summed E-state index contributed by atoms with van der Waals surface area (Å²) in [6.07, 6.45) is 0.972. The maximum Gasteiger partial charge on any atom is 0.131 e. The highest BCUT2D eigenvalue weighted by molar-refractivity contribution is 7.12. The van der Waals surface area contributed by atoms with E-state index in [1.807, 2.05) is 12.1 Å². The summed E-state index contributed by atoms with van der Waals surface area (Å²) in [6.45, 7) is 2.09. The third-order valence-corrected chi connectivity index (χ3v) is 4.66. The highest BCUT2D eigenvalue weighted by Crippen LogP contribution is 2.36. The molecule has 18 heavy (non-hydrogen) atoms. The first-order valence-corrected chi connectivity index (χ1v) is 6.97. The van der Waals surface area contributed by atoms with Crippen LogP contribution in [0.4, 0.5) is 4.39 Å². The molecule has 0 bridgehead atoms. The molecule has 1 atom stereocenters. The molecule has 1 unspecified atom stereocenters. The van der Waals surface area contributed by atoms with Crippen LogP contribution in [0.25, 0.3) is 0 Å². The first kappa shape index (κ1) is 13.4. The Labute approximate surface area is 115 Å². The van der Waals surface area contributed by atoms with Crippen LogP contribution in [0.5, 0.6) is 5.75 Å². The summed E-state index contributed by atoms with van der Waals surface area (Å²) in [6, 6.07) is 8.76. The number of thiophene rings is 1. The van der Waals surface area contributed by atoms with Gasteiger partial charge in [-0.2, -0.15) is 0 Å². The second kappa shape index (κ2) is 5.72. The van der Waals surface area contributed by atoms with E-state index in [4.69, 9.17) is 16.3 Å². The minimum Gasteiger partial charge on any atom is -0.497 e. The van der Waals surface area contributed by atoms with Crippen molar-refractivity contribution in [3.8, 4) is 5.75 Å². The molecule has 1 aromatic heterocycles.